The van der Waals surface area contributed by atoms with Crippen LogP contribution in [0, 0.1) is 5.92 Å². The number of hydrogen-bond donors (Lipinski definition) is 1. The van der Waals surface area contributed by atoms with Crippen LogP contribution >= 0.6 is 23.1 Å². The molecule has 0 spiro atoms. The fraction of sp³-hybridized carbons (Fsp3) is 0.421. The maximum Gasteiger partial charge on any atom is 0.223 e. The maximum atomic E-state index is 12.2. The van der Waals surface area contributed by atoms with E-state index >= 15 is 0 Å². The smallest absolute Gasteiger partial charge is 0.223 e. The van der Waals surface area contributed by atoms with Crippen molar-refractivity contribution in [1.82, 2.24) is 10.2 Å². The molecular weight excluding hydrogens is 336 g/mol. The third-order valence-electron chi connectivity index (χ3n) is 4.30. The summed E-state index contributed by atoms with van der Waals surface area (Å²) in [6.45, 7) is 5.79. The van der Waals surface area contributed by atoms with E-state index in [2.05, 4.69) is 33.8 Å². The van der Waals surface area contributed by atoms with Gasteiger partial charge in [0.1, 0.15) is 0 Å². The van der Waals surface area contributed by atoms with E-state index in [-0.39, 0.29) is 11.8 Å². The number of thiophene rings is 1. The first kappa shape index (κ1) is 17.5. The van der Waals surface area contributed by atoms with E-state index < -0.39 is 0 Å². The lowest BCUT2D eigenvalue weighted by atomic mass is 10.1. The Balaban J connectivity index is 1.35. The molecular formula is C19H24N2OS2. The first-order valence-electron chi connectivity index (χ1n) is 8.45. The highest BCUT2D eigenvalue weighted by Crippen LogP contribution is 2.23. The second-order valence-corrected chi connectivity index (χ2v) is 8.31. The minimum absolute atomic E-state index is 0.0278. The lowest BCUT2D eigenvalue weighted by Crippen LogP contribution is -2.39. The Morgan fingerprint density at radius 2 is 2.17 bits per heavy atom. The number of nitrogens with one attached hydrogen (secondary N) is 1. The summed E-state index contributed by atoms with van der Waals surface area (Å²) in [6, 6.07) is 12.5. The maximum absolute atomic E-state index is 12.2. The van der Waals surface area contributed by atoms with Crippen molar-refractivity contribution in [1.29, 1.82) is 0 Å². The van der Waals surface area contributed by atoms with Crippen molar-refractivity contribution in [2.45, 2.75) is 24.8 Å². The van der Waals surface area contributed by atoms with Gasteiger partial charge < -0.3 is 5.32 Å². The summed E-state index contributed by atoms with van der Waals surface area (Å²) in [4.78, 5) is 17.4. The minimum atomic E-state index is 0.0278. The number of fused-ring (bicyclic) bond motifs is 1. The van der Waals surface area contributed by atoms with Gasteiger partial charge in [0, 0.05) is 47.6 Å². The summed E-state index contributed by atoms with van der Waals surface area (Å²) in [5.74, 6) is 1.00. The van der Waals surface area contributed by atoms with E-state index in [1.165, 1.54) is 15.3 Å². The zero-order valence-corrected chi connectivity index (χ0v) is 15.7. The number of hydrogen-bond acceptors (Lipinski definition) is 4. The third-order valence-corrected chi connectivity index (χ3v) is 6.60. The Kier molecular flexibility index (Phi) is 6.35. The van der Waals surface area contributed by atoms with Crippen molar-refractivity contribution in [3.63, 3.8) is 0 Å². The fourth-order valence-corrected chi connectivity index (χ4v) is 4.66. The Bertz CT molecular complexity index is 656. The van der Waals surface area contributed by atoms with Crippen LogP contribution in [0.5, 0.6) is 0 Å². The van der Waals surface area contributed by atoms with Crippen molar-refractivity contribution in [2.24, 2.45) is 5.92 Å². The van der Waals surface area contributed by atoms with Crippen LogP contribution in [0.3, 0.4) is 0 Å². The molecule has 1 amide bonds. The number of carbonyl (C=O) groups is 1. The summed E-state index contributed by atoms with van der Waals surface area (Å²) in [5.41, 5.74) is 1.46. The lowest BCUT2D eigenvalue weighted by molar-refractivity contribution is -0.123. The predicted molar refractivity (Wildman–Crippen MR) is 103 cm³/mol. The number of rotatable bonds is 7. The van der Waals surface area contributed by atoms with Crippen LogP contribution in [0.2, 0.25) is 0 Å². The molecule has 1 aliphatic rings. The van der Waals surface area contributed by atoms with Crippen LogP contribution in [-0.4, -0.2) is 36.2 Å². The molecule has 3 rings (SSSR count). The highest BCUT2D eigenvalue weighted by atomic mass is 32.2. The number of benzene rings is 1. The molecule has 0 fully saturated rings. The summed E-state index contributed by atoms with van der Waals surface area (Å²) in [5, 5.41) is 5.28. The van der Waals surface area contributed by atoms with E-state index in [0.717, 1.165) is 38.4 Å². The van der Waals surface area contributed by atoms with Gasteiger partial charge in [-0.2, -0.15) is 0 Å². The molecule has 1 aromatic carbocycles. The van der Waals surface area contributed by atoms with Gasteiger partial charge in [0.05, 0.1) is 0 Å². The summed E-state index contributed by atoms with van der Waals surface area (Å²) < 4.78 is 0. The van der Waals surface area contributed by atoms with Crippen LogP contribution in [0.4, 0.5) is 0 Å². The van der Waals surface area contributed by atoms with Gasteiger partial charge in [-0.05, 0) is 35.6 Å². The number of nitrogens with zero attached hydrogens (tertiary/aromatic N) is 1. The molecule has 2 aromatic rings. The molecule has 0 bridgehead atoms. The Labute approximate surface area is 152 Å². The first-order chi connectivity index (χ1) is 11.7. The molecule has 1 N–H and O–H groups in total. The average molecular weight is 361 g/mol. The average Bonchev–Trinajstić information content (AvgIpc) is 3.08. The molecule has 1 aromatic heterocycles. The molecule has 3 nitrogen and oxygen atoms in total. The van der Waals surface area contributed by atoms with Crippen molar-refractivity contribution >= 4 is 29.0 Å². The zero-order chi connectivity index (χ0) is 16.8. The summed E-state index contributed by atoms with van der Waals surface area (Å²) in [7, 11) is 0. The SMILES string of the molecule is CC(CSc1ccccc1)C(=O)NCCN1CCc2sccc2C1. The Morgan fingerprint density at radius 3 is 3.00 bits per heavy atom. The zero-order valence-electron chi connectivity index (χ0n) is 14.0. The van der Waals surface area contributed by atoms with Crippen LogP contribution < -0.4 is 5.32 Å². The molecule has 1 unspecified atom stereocenters. The largest absolute Gasteiger partial charge is 0.355 e. The van der Waals surface area contributed by atoms with Gasteiger partial charge >= 0.3 is 0 Å². The summed E-state index contributed by atoms with van der Waals surface area (Å²) in [6.07, 6.45) is 1.14. The van der Waals surface area contributed by atoms with Gasteiger partial charge in [-0.25, -0.2) is 0 Å². The van der Waals surface area contributed by atoms with Crippen LogP contribution in [-0.2, 0) is 17.8 Å². The summed E-state index contributed by atoms with van der Waals surface area (Å²) >= 11 is 3.61. The van der Waals surface area contributed by atoms with Gasteiger partial charge in [0.2, 0.25) is 5.91 Å². The first-order valence-corrected chi connectivity index (χ1v) is 10.3. The van der Waals surface area contributed by atoms with Crippen LogP contribution in [0.1, 0.15) is 17.4 Å². The van der Waals surface area contributed by atoms with E-state index in [4.69, 9.17) is 0 Å². The number of carbonyl (C=O) groups excluding carboxylic acids is 1. The molecule has 0 saturated carbocycles. The topological polar surface area (TPSA) is 32.3 Å². The number of amides is 1. The van der Waals surface area contributed by atoms with Crippen LogP contribution in [0.25, 0.3) is 0 Å². The highest BCUT2D eigenvalue weighted by Gasteiger charge is 2.17. The molecule has 128 valence electrons. The molecule has 1 atom stereocenters. The second-order valence-electron chi connectivity index (χ2n) is 6.21. The molecule has 1 aliphatic heterocycles. The third kappa shape index (κ3) is 4.85. The molecule has 24 heavy (non-hydrogen) atoms. The Morgan fingerprint density at radius 1 is 1.33 bits per heavy atom. The lowest BCUT2D eigenvalue weighted by Gasteiger charge is -2.27. The van der Waals surface area contributed by atoms with E-state index in [1.807, 2.05) is 36.5 Å². The molecule has 0 saturated heterocycles. The van der Waals surface area contributed by atoms with E-state index in [9.17, 15) is 4.79 Å². The fourth-order valence-electron chi connectivity index (χ4n) is 2.82. The Hall–Kier alpha value is -1.30. The molecule has 0 radical (unpaired) electrons. The number of thioether (sulfide) groups is 1. The van der Waals surface area contributed by atoms with Gasteiger partial charge in [-0.15, -0.1) is 23.1 Å². The van der Waals surface area contributed by atoms with Crippen molar-refractivity contribution in [2.75, 3.05) is 25.4 Å². The minimum Gasteiger partial charge on any atom is -0.355 e. The monoisotopic (exact) mass is 360 g/mol. The van der Waals surface area contributed by atoms with Crippen molar-refractivity contribution in [3.05, 3.63) is 52.2 Å². The van der Waals surface area contributed by atoms with Crippen molar-refractivity contribution in [3.8, 4) is 0 Å². The van der Waals surface area contributed by atoms with E-state index in [1.54, 1.807) is 11.8 Å². The van der Waals surface area contributed by atoms with Gasteiger partial charge in [-0.3, -0.25) is 9.69 Å². The standard InChI is InChI=1S/C19H24N2OS2/c1-15(14-24-17-5-3-2-4-6-17)19(22)20-9-11-21-10-7-18-16(13-21)8-12-23-18/h2-6,8,12,15H,7,9-11,13-14H2,1H3,(H,20,22). The highest BCUT2D eigenvalue weighted by molar-refractivity contribution is 7.99. The van der Waals surface area contributed by atoms with Gasteiger partial charge in [0.25, 0.3) is 0 Å². The molecule has 2 heterocycles. The predicted octanol–water partition coefficient (Wildman–Crippen LogP) is 3.65. The second kappa shape index (κ2) is 8.70. The quantitative estimate of drug-likeness (QED) is 0.765. The molecule has 5 heteroatoms. The molecule has 0 aliphatic carbocycles. The van der Waals surface area contributed by atoms with E-state index in [0.29, 0.717) is 0 Å². The van der Waals surface area contributed by atoms with Crippen molar-refractivity contribution < 1.29 is 4.79 Å². The normalized spacial score (nSPS) is 15.7. The van der Waals surface area contributed by atoms with Gasteiger partial charge in [-0.1, -0.05) is 25.1 Å². The van der Waals surface area contributed by atoms with Crippen LogP contribution in [0.15, 0.2) is 46.7 Å². The van der Waals surface area contributed by atoms with Gasteiger partial charge in [0.15, 0.2) is 0 Å².